The molecule has 6 heteroatoms. The lowest BCUT2D eigenvalue weighted by molar-refractivity contribution is -0.139. The quantitative estimate of drug-likeness (QED) is 0.691. The Morgan fingerprint density at radius 2 is 2.06 bits per heavy atom. The molecule has 1 fully saturated rings. The summed E-state index contributed by atoms with van der Waals surface area (Å²) in [6.45, 7) is 3.10. The van der Waals surface area contributed by atoms with E-state index in [4.69, 9.17) is 4.65 Å². The van der Waals surface area contributed by atoms with E-state index in [1.807, 2.05) is 0 Å². The van der Waals surface area contributed by atoms with Crippen LogP contribution in [0.5, 0.6) is 0 Å². The Kier molecular flexibility index (Phi) is 12.8. The first-order chi connectivity index (χ1) is 7.27. The van der Waals surface area contributed by atoms with Gasteiger partial charge in [-0.15, -0.1) is 24.8 Å². The van der Waals surface area contributed by atoms with Gasteiger partial charge in [0.25, 0.3) is 5.97 Å². The Labute approximate surface area is 118 Å². The normalized spacial score (nSPS) is 15.4. The van der Waals surface area contributed by atoms with Crippen LogP contribution in [-0.4, -0.2) is 26.6 Å². The van der Waals surface area contributed by atoms with Gasteiger partial charge in [0, 0.05) is 6.04 Å². The molecular weight excluding hydrogens is 260 g/mol. The lowest BCUT2D eigenvalue weighted by atomic mass is 9.98. The molecule has 1 saturated carbocycles. The summed E-state index contributed by atoms with van der Waals surface area (Å²) in [6, 6.07) is 0.731. The zero-order valence-corrected chi connectivity index (χ0v) is 12.4. The summed E-state index contributed by atoms with van der Waals surface area (Å²) in [7, 11) is 1.48. The van der Waals surface area contributed by atoms with Crippen molar-refractivity contribution in [1.29, 1.82) is 0 Å². The van der Waals surface area contributed by atoms with Gasteiger partial charge >= 0.3 is 8.05 Å². The van der Waals surface area contributed by atoms with Crippen LogP contribution in [0.4, 0.5) is 0 Å². The first-order valence-electron chi connectivity index (χ1n) is 6.09. The van der Waals surface area contributed by atoms with Crippen LogP contribution >= 0.6 is 24.8 Å². The summed E-state index contributed by atoms with van der Waals surface area (Å²) < 4.78 is 4.82. The molecule has 1 rings (SSSR count). The Morgan fingerprint density at radius 3 is 2.53 bits per heavy atom. The van der Waals surface area contributed by atoms with E-state index in [1.54, 1.807) is 0 Å². The molecule has 0 aromatic rings. The maximum Gasteiger partial charge on any atom is 0.325 e. The van der Waals surface area contributed by atoms with Crippen molar-refractivity contribution in [3.05, 3.63) is 0 Å². The van der Waals surface area contributed by atoms with Gasteiger partial charge in [0.2, 0.25) is 0 Å². The molecule has 1 aliphatic rings. The number of unbranched alkanes of at least 4 members (excludes halogenated alkanes) is 1. The fourth-order valence-corrected chi connectivity index (χ4v) is 1.75. The van der Waals surface area contributed by atoms with Gasteiger partial charge in [-0.05, 0) is 32.2 Å². The third kappa shape index (κ3) is 8.75. The van der Waals surface area contributed by atoms with Gasteiger partial charge in [-0.3, -0.25) is 4.79 Å². The van der Waals surface area contributed by atoms with E-state index in [9.17, 15) is 4.79 Å². The molecule has 0 aliphatic heterocycles. The number of halogens is 2. The van der Waals surface area contributed by atoms with E-state index < -0.39 is 0 Å². The van der Waals surface area contributed by atoms with Crippen LogP contribution in [0.1, 0.15) is 45.4 Å². The molecule has 17 heavy (non-hydrogen) atoms. The molecule has 0 spiro atoms. The van der Waals surface area contributed by atoms with E-state index >= 15 is 0 Å². The maximum absolute atomic E-state index is 11.5. The van der Waals surface area contributed by atoms with Crippen molar-refractivity contribution in [1.82, 2.24) is 5.32 Å². The number of rotatable bonds is 8. The zero-order chi connectivity index (χ0) is 11.1. The minimum absolute atomic E-state index is 0. The molecular formula is C11H24BCl2NO2. The van der Waals surface area contributed by atoms with Gasteiger partial charge in [-0.1, -0.05) is 19.8 Å². The van der Waals surface area contributed by atoms with E-state index in [1.165, 1.54) is 20.9 Å². The minimum atomic E-state index is -0.0407. The molecule has 0 bridgehead atoms. The molecule has 1 atom stereocenters. The molecule has 1 aliphatic carbocycles. The smallest absolute Gasteiger partial charge is 0.325 e. The fraction of sp³-hybridized carbons (Fsp3) is 0.909. The van der Waals surface area contributed by atoms with Crippen LogP contribution in [0.25, 0.3) is 0 Å². The second kappa shape index (κ2) is 11.2. The molecule has 0 heterocycles. The van der Waals surface area contributed by atoms with Crippen LogP contribution < -0.4 is 5.32 Å². The van der Waals surface area contributed by atoms with E-state index in [2.05, 4.69) is 12.2 Å². The summed E-state index contributed by atoms with van der Waals surface area (Å²) in [5.41, 5.74) is 0. The van der Waals surface area contributed by atoms with E-state index in [0.717, 1.165) is 38.3 Å². The van der Waals surface area contributed by atoms with Crippen molar-refractivity contribution < 1.29 is 9.45 Å². The highest BCUT2D eigenvalue weighted by Crippen LogP contribution is 2.19. The molecule has 0 aromatic carbocycles. The SMILES string of the molecule is BOC(=O)C(CCCC)CCNC1CC1.Cl.Cl. The Morgan fingerprint density at radius 1 is 1.41 bits per heavy atom. The average molecular weight is 284 g/mol. The van der Waals surface area contributed by atoms with Crippen molar-refractivity contribution >= 4 is 38.8 Å². The van der Waals surface area contributed by atoms with Crippen LogP contribution in [-0.2, 0) is 9.45 Å². The number of nitrogens with one attached hydrogen (secondary N) is 1. The van der Waals surface area contributed by atoms with Crippen LogP contribution in [0.3, 0.4) is 0 Å². The fourth-order valence-electron chi connectivity index (χ4n) is 1.75. The van der Waals surface area contributed by atoms with Gasteiger partial charge in [0.05, 0.1) is 5.92 Å². The molecule has 1 unspecified atom stereocenters. The monoisotopic (exact) mass is 283 g/mol. The standard InChI is InChI=1S/C11H22BNO2.2ClH/c1-2-3-4-9(11(14)15-12)7-8-13-10-5-6-10;;/h9-10,13H,2-8,12H2,1H3;2*1H. The summed E-state index contributed by atoms with van der Waals surface area (Å²) in [4.78, 5) is 11.5. The third-order valence-electron chi connectivity index (χ3n) is 2.94. The lowest BCUT2D eigenvalue weighted by Crippen LogP contribution is -2.24. The highest BCUT2D eigenvalue weighted by Gasteiger charge is 2.22. The second-order valence-corrected chi connectivity index (χ2v) is 4.38. The molecule has 0 saturated heterocycles. The summed E-state index contributed by atoms with van der Waals surface area (Å²) in [5, 5.41) is 3.43. The first kappa shape index (κ1) is 19.4. The van der Waals surface area contributed by atoms with Gasteiger partial charge < -0.3 is 9.97 Å². The van der Waals surface area contributed by atoms with Crippen molar-refractivity contribution in [3.63, 3.8) is 0 Å². The van der Waals surface area contributed by atoms with Crippen molar-refractivity contribution in [2.75, 3.05) is 6.54 Å². The highest BCUT2D eigenvalue weighted by atomic mass is 35.5. The largest absolute Gasteiger partial charge is 0.543 e. The van der Waals surface area contributed by atoms with E-state index in [-0.39, 0.29) is 36.7 Å². The van der Waals surface area contributed by atoms with Crippen molar-refractivity contribution in [2.45, 2.75) is 51.5 Å². The molecule has 0 aromatic heterocycles. The maximum atomic E-state index is 11.5. The van der Waals surface area contributed by atoms with Gasteiger partial charge in [0.1, 0.15) is 0 Å². The predicted molar refractivity (Wildman–Crippen MR) is 77.8 cm³/mol. The molecule has 0 radical (unpaired) electrons. The highest BCUT2D eigenvalue weighted by molar-refractivity contribution is 6.05. The molecule has 102 valence electrons. The second-order valence-electron chi connectivity index (χ2n) is 4.38. The molecule has 0 amide bonds. The summed E-state index contributed by atoms with van der Waals surface area (Å²) in [6.07, 6.45) is 6.75. The van der Waals surface area contributed by atoms with Crippen molar-refractivity contribution in [2.24, 2.45) is 5.92 Å². The molecule has 1 N–H and O–H groups in total. The minimum Gasteiger partial charge on any atom is -0.543 e. The lowest BCUT2D eigenvalue weighted by Gasteiger charge is -2.14. The average Bonchev–Trinajstić information content (AvgIpc) is 3.06. The Hall–Kier alpha value is 0.0749. The Bertz CT molecular complexity index is 204. The molecule has 3 nitrogen and oxygen atoms in total. The van der Waals surface area contributed by atoms with Crippen LogP contribution in [0, 0.1) is 5.92 Å². The van der Waals surface area contributed by atoms with E-state index in [0.29, 0.717) is 0 Å². The summed E-state index contributed by atoms with van der Waals surface area (Å²) in [5.74, 6) is 0.0576. The third-order valence-corrected chi connectivity index (χ3v) is 2.94. The van der Waals surface area contributed by atoms with Crippen LogP contribution in [0.15, 0.2) is 0 Å². The number of hydrogen-bond acceptors (Lipinski definition) is 3. The van der Waals surface area contributed by atoms with Gasteiger partial charge in [0.15, 0.2) is 0 Å². The number of carbonyl (C=O) groups is 1. The number of carbonyl (C=O) groups excluding carboxylic acids is 1. The zero-order valence-electron chi connectivity index (χ0n) is 10.7. The summed E-state index contributed by atoms with van der Waals surface area (Å²) >= 11 is 0. The van der Waals surface area contributed by atoms with Crippen molar-refractivity contribution in [3.8, 4) is 0 Å². The van der Waals surface area contributed by atoms with Gasteiger partial charge in [-0.25, -0.2) is 0 Å². The van der Waals surface area contributed by atoms with Crippen LogP contribution in [0.2, 0.25) is 0 Å². The first-order valence-corrected chi connectivity index (χ1v) is 6.09. The predicted octanol–water partition coefficient (Wildman–Crippen LogP) is 1.87. The van der Waals surface area contributed by atoms with Gasteiger partial charge in [-0.2, -0.15) is 0 Å². The Balaban J connectivity index is 0. The number of hydrogen-bond donors (Lipinski definition) is 1. The topological polar surface area (TPSA) is 38.3 Å².